The SMILES string of the molecule is CC[C@H](C)NC(=O)[C@H](Cc1ccccc1)N(Cc1ccccc1C)C(=O)CCCN(c1ccc(C)c(C)c1)S(C)(=O)=O. The van der Waals surface area contributed by atoms with Crippen LogP contribution in [0.2, 0.25) is 0 Å². The van der Waals surface area contributed by atoms with Gasteiger partial charge < -0.3 is 10.2 Å². The lowest BCUT2D eigenvalue weighted by Gasteiger charge is -2.33. The number of aryl methyl sites for hydroxylation is 3. The second-order valence-corrected chi connectivity index (χ2v) is 13.1. The number of nitrogens with one attached hydrogen (secondary N) is 1. The fourth-order valence-electron chi connectivity index (χ4n) is 4.85. The fraction of sp³-hybridized carbons (Fsp3) is 0.412. The molecule has 1 N–H and O–H groups in total. The number of anilines is 1. The fourth-order valence-corrected chi connectivity index (χ4v) is 5.81. The Morgan fingerprint density at radius 2 is 1.55 bits per heavy atom. The van der Waals surface area contributed by atoms with Crippen LogP contribution in [0.4, 0.5) is 5.69 Å². The molecular formula is C34H45N3O4S. The van der Waals surface area contributed by atoms with Crippen LogP contribution in [0.25, 0.3) is 0 Å². The first kappa shape index (κ1) is 32.9. The first-order chi connectivity index (χ1) is 19.9. The van der Waals surface area contributed by atoms with Crippen LogP contribution >= 0.6 is 0 Å². The molecule has 0 spiro atoms. The van der Waals surface area contributed by atoms with Crippen molar-refractivity contribution in [2.24, 2.45) is 0 Å². The number of rotatable bonds is 14. The third kappa shape index (κ3) is 9.18. The van der Waals surface area contributed by atoms with Crippen molar-refractivity contribution in [3.8, 4) is 0 Å². The summed E-state index contributed by atoms with van der Waals surface area (Å²) >= 11 is 0. The van der Waals surface area contributed by atoms with Gasteiger partial charge in [-0.15, -0.1) is 0 Å². The van der Waals surface area contributed by atoms with E-state index < -0.39 is 16.1 Å². The van der Waals surface area contributed by atoms with E-state index in [1.807, 2.05) is 101 Å². The van der Waals surface area contributed by atoms with Gasteiger partial charge in [-0.1, -0.05) is 67.6 Å². The first-order valence-electron chi connectivity index (χ1n) is 14.6. The van der Waals surface area contributed by atoms with Crippen molar-refractivity contribution in [2.45, 2.75) is 78.9 Å². The van der Waals surface area contributed by atoms with Crippen molar-refractivity contribution in [1.82, 2.24) is 10.2 Å². The topological polar surface area (TPSA) is 86.8 Å². The summed E-state index contributed by atoms with van der Waals surface area (Å²) in [7, 11) is -3.56. The van der Waals surface area contributed by atoms with Gasteiger partial charge in [0.25, 0.3) is 0 Å². The Morgan fingerprint density at radius 3 is 2.17 bits per heavy atom. The minimum atomic E-state index is -3.56. The highest BCUT2D eigenvalue weighted by atomic mass is 32.2. The summed E-state index contributed by atoms with van der Waals surface area (Å²) in [6.45, 7) is 10.3. The molecule has 8 heteroatoms. The molecule has 42 heavy (non-hydrogen) atoms. The molecule has 0 radical (unpaired) electrons. The second-order valence-electron chi connectivity index (χ2n) is 11.2. The van der Waals surface area contributed by atoms with Crippen LogP contribution in [0.1, 0.15) is 60.9 Å². The molecule has 2 atom stereocenters. The van der Waals surface area contributed by atoms with Gasteiger partial charge in [0.1, 0.15) is 6.04 Å². The molecule has 0 heterocycles. The van der Waals surface area contributed by atoms with Crippen LogP contribution in [0.15, 0.2) is 72.8 Å². The monoisotopic (exact) mass is 591 g/mol. The first-order valence-corrected chi connectivity index (χ1v) is 16.5. The highest BCUT2D eigenvalue weighted by Gasteiger charge is 2.31. The average molecular weight is 592 g/mol. The van der Waals surface area contributed by atoms with Gasteiger partial charge in [-0.25, -0.2) is 8.42 Å². The second kappa shape index (κ2) is 15.0. The number of nitrogens with zero attached hydrogens (tertiary/aromatic N) is 2. The van der Waals surface area contributed by atoms with Crippen molar-refractivity contribution in [3.63, 3.8) is 0 Å². The van der Waals surface area contributed by atoms with E-state index in [0.29, 0.717) is 18.5 Å². The Bertz CT molecular complexity index is 1460. The van der Waals surface area contributed by atoms with E-state index in [4.69, 9.17) is 0 Å². The lowest BCUT2D eigenvalue weighted by molar-refractivity contribution is -0.141. The molecule has 0 aromatic heterocycles. The average Bonchev–Trinajstić information content (AvgIpc) is 2.95. The zero-order valence-electron chi connectivity index (χ0n) is 25.8. The molecule has 3 aromatic rings. The van der Waals surface area contributed by atoms with Gasteiger partial charge in [-0.05, 0) is 80.5 Å². The van der Waals surface area contributed by atoms with Crippen molar-refractivity contribution in [1.29, 1.82) is 0 Å². The third-order valence-electron chi connectivity index (χ3n) is 7.80. The Labute approximate surface area is 252 Å². The quantitative estimate of drug-likeness (QED) is 0.260. The van der Waals surface area contributed by atoms with Crippen LogP contribution in [0.5, 0.6) is 0 Å². The molecule has 0 saturated carbocycles. The van der Waals surface area contributed by atoms with Crippen molar-refractivity contribution < 1.29 is 18.0 Å². The van der Waals surface area contributed by atoms with Crippen LogP contribution in [0.3, 0.4) is 0 Å². The molecule has 3 aromatic carbocycles. The molecule has 0 fully saturated rings. The maximum Gasteiger partial charge on any atom is 0.243 e. The Kier molecular flexibility index (Phi) is 11.7. The Balaban J connectivity index is 1.91. The highest BCUT2D eigenvalue weighted by Crippen LogP contribution is 2.23. The van der Waals surface area contributed by atoms with E-state index in [-0.39, 0.29) is 37.4 Å². The molecule has 0 aliphatic rings. The zero-order valence-corrected chi connectivity index (χ0v) is 26.6. The van der Waals surface area contributed by atoms with Crippen molar-refractivity contribution in [2.75, 3.05) is 17.1 Å². The summed E-state index contributed by atoms with van der Waals surface area (Å²) in [6, 6.07) is 22.4. The summed E-state index contributed by atoms with van der Waals surface area (Å²) in [5.74, 6) is -0.380. The molecule has 226 valence electrons. The minimum Gasteiger partial charge on any atom is -0.352 e. The standard InChI is InChI=1S/C34H45N3O4S/c1-7-28(5)35-34(39)32(23-29-15-9-8-10-16-29)36(24-30-17-12-11-14-26(30)3)33(38)18-13-21-37(42(6,40)41)31-20-19-25(2)27(4)22-31/h8-12,14-17,19-20,22,28,32H,7,13,18,21,23-24H2,1-6H3,(H,35,39)/t28-,32-/m0/s1. The predicted octanol–water partition coefficient (Wildman–Crippen LogP) is 5.71. The van der Waals surface area contributed by atoms with E-state index >= 15 is 0 Å². The molecule has 2 amide bonds. The lowest BCUT2D eigenvalue weighted by atomic mass is 10.0. The van der Waals surface area contributed by atoms with Gasteiger partial charge in [-0.2, -0.15) is 0 Å². The zero-order chi connectivity index (χ0) is 30.9. The van der Waals surface area contributed by atoms with Gasteiger partial charge in [0.05, 0.1) is 11.9 Å². The van der Waals surface area contributed by atoms with Crippen LogP contribution in [-0.4, -0.2) is 50.0 Å². The van der Waals surface area contributed by atoms with Gasteiger partial charge in [0, 0.05) is 32.0 Å². The van der Waals surface area contributed by atoms with Crippen LogP contribution in [-0.2, 0) is 32.6 Å². The molecule has 3 rings (SSSR count). The van der Waals surface area contributed by atoms with E-state index in [9.17, 15) is 18.0 Å². The maximum absolute atomic E-state index is 14.0. The smallest absolute Gasteiger partial charge is 0.243 e. The predicted molar refractivity (Wildman–Crippen MR) is 171 cm³/mol. The van der Waals surface area contributed by atoms with Gasteiger partial charge >= 0.3 is 0 Å². The summed E-state index contributed by atoms with van der Waals surface area (Å²) in [5, 5.41) is 3.09. The number of carbonyl (C=O) groups is 2. The van der Waals surface area contributed by atoms with Gasteiger partial charge in [0.2, 0.25) is 21.8 Å². The molecule has 0 aliphatic carbocycles. The van der Waals surface area contributed by atoms with Crippen molar-refractivity contribution >= 4 is 27.5 Å². The summed E-state index contributed by atoms with van der Waals surface area (Å²) in [5.41, 5.74) is 5.62. The maximum atomic E-state index is 14.0. The molecule has 7 nitrogen and oxygen atoms in total. The largest absolute Gasteiger partial charge is 0.352 e. The molecular weight excluding hydrogens is 546 g/mol. The number of benzene rings is 3. The lowest BCUT2D eigenvalue weighted by Crippen LogP contribution is -2.52. The van der Waals surface area contributed by atoms with E-state index in [1.54, 1.807) is 11.0 Å². The molecule has 0 bridgehead atoms. The Hall–Kier alpha value is -3.65. The van der Waals surface area contributed by atoms with Gasteiger partial charge in [0.15, 0.2) is 0 Å². The number of sulfonamides is 1. The van der Waals surface area contributed by atoms with Gasteiger partial charge in [-0.3, -0.25) is 13.9 Å². The van der Waals surface area contributed by atoms with Crippen molar-refractivity contribution in [3.05, 3.63) is 101 Å². The summed E-state index contributed by atoms with van der Waals surface area (Å²) in [6.07, 6.45) is 2.75. The third-order valence-corrected chi connectivity index (χ3v) is 9.00. The highest BCUT2D eigenvalue weighted by molar-refractivity contribution is 7.92. The molecule has 0 aliphatic heterocycles. The van der Waals surface area contributed by atoms with Crippen LogP contribution in [0, 0.1) is 20.8 Å². The number of carbonyl (C=O) groups excluding carboxylic acids is 2. The van der Waals surface area contributed by atoms with E-state index in [2.05, 4.69) is 5.32 Å². The molecule has 0 saturated heterocycles. The Morgan fingerprint density at radius 1 is 0.881 bits per heavy atom. The number of hydrogen-bond acceptors (Lipinski definition) is 4. The van der Waals surface area contributed by atoms with Crippen LogP contribution < -0.4 is 9.62 Å². The normalized spacial score (nSPS) is 12.8. The summed E-state index contributed by atoms with van der Waals surface area (Å²) in [4.78, 5) is 29.4. The summed E-state index contributed by atoms with van der Waals surface area (Å²) < 4.78 is 26.8. The van der Waals surface area contributed by atoms with E-state index in [0.717, 1.165) is 34.2 Å². The van der Waals surface area contributed by atoms with E-state index in [1.165, 1.54) is 10.6 Å². The number of amides is 2. The minimum absolute atomic E-state index is 0.0347. The number of hydrogen-bond donors (Lipinski definition) is 1. The molecule has 0 unspecified atom stereocenters.